The molecule has 1 rings (SSSR count). The second-order valence-electron chi connectivity index (χ2n) is 3.10. The highest BCUT2D eigenvalue weighted by Crippen LogP contribution is 2.07. The summed E-state index contributed by atoms with van der Waals surface area (Å²) in [5.41, 5.74) is 2.28. The lowest BCUT2D eigenvalue weighted by Crippen LogP contribution is -2.19. The Morgan fingerprint density at radius 3 is 2.77 bits per heavy atom. The van der Waals surface area contributed by atoms with Crippen LogP contribution in [0.3, 0.4) is 0 Å². The topological polar surface area (TPSA) is 20.3 Å². The van der Waals surface area contributed by atoms with Crippen molar-refractivity contribution in [2.45, 2.75) is 13.5 Å². The highest BCUT2D eigenvalue weighted by atomic mass is 35.5. The van der Waals surface area contributed by atoms with E-state index >= 15 is 0 Å². The maximum Gasteiger partial charge on any atom is 0.316 e. The molecule has 0 N–H and O–H groups in total. The highest BCUT2D eigenvalue weighted by molar-refractivity contribution is 6.62. The van der Waals surface area contributed by atoms with E-state index in [0.29, 0.717) is 6.54 Å². The summed E-state index contributed by atoms with van der Waals surface area (Å²) >= 11 is 5.30. The Kier molecular flexibility index (Phi) is 3.32. The van der Waals surface area contributed by atoms with E-state index < -0.39 is 5.37 Å². The molecule has 3 heteroatoms. The largest absolute Gasteiger partial charge is 0.328 e. The van der Waals surface area contributed by atoms with E-state index in [4.69, 9.17) is 11.6 Å². The SMILES string of the molecule is Cc1cccc(CN(C)C(=O)Cl)c1. The Morgan fingerprint density at radius 2 is 2.23 bits per heavy atom. The van der Waals surface area contributed by atoms with Gasteiger partial charge in [0.1, 0.15) is 0 Å². The van der Waals surface area contributed by atoms with Crippen LogP contribution in [-0.2, 0) is 6.54 Å². The Balaban J connectivity index is 2.69. The van der Waals surface area contributed by atoms with Crippen LogP contribution in [0.2, 0.25) is 0 Å². The minimum absolute atomic E-state index is 0.429. The molecule has 70 valence electrons. The number of benzene rings is 1. The molecule has 0 saturated heterocycles. The summed E-state index contributed by atoms with van der Waals surface area (Å²) in [6.07, 6.45) is 0. The Labute approximate surface area is 83.1 Å². The molecule has 1 aromatic carbocycles. The van der Waals surface area contributed by atoms with Crippen molar-refractivity contribution >= 4 is 17.0 Å². The Hall–Kier alpha value is -1.02. The number of nitrogens with zero attached hydrogens (tertiary/aromatic N) is 1. The van der Waals surface area contributed by atoms with Gasteiger partial charge in [0.2, 0.25) is 0 Å². The van der Waals surface area contributed by atoms with Crippen molar-refractivity contribution in [3.8, 4) is 0 Å². The van der Waals surface area contributed by atoms with Crippen molar-refractivity contribution in [1.29, 1.82) is 0 Å². The van der Waals surface area contributed by atoms with Gasteiger partial charge in [-0.1, -0.05) is 29.8 Å². The Morgan fingerprint density at radius 1 is 1.54 bits per heavy atom. The van der Waals surface area contributed by atoms with Crippen LogP contribution < -0.4 is 0 Å². The number of amides is 1. The third-order valence-corrected chi connectivity index (χ3v) is 2.09. The normalized spacial score (nSPS) is 9.77. The number of carbonyl (C=O) groups is 1. The van der Waals surface area contributed by atoms with Gasteiger partial charge in [0, 0.05) is 13.6 Å². The lowest BCUT2D eigenvalue weighted by atomic mass is 10.1. The fourth-order valence-corrected chi connectivity index (χ4v) is 1.21. The van der Waals surface area contributed by atoms with E-state index in [-0.39, 0.29) is 0 Å². The van der Waals surface area contributed by atoms with Crippen molar-refractivity contribution in [1.82, 2.24) is 4.90 Å². The van der Waals surface area contributed by atoms with Crippen LogP contribution in [-0.4, -0.2) is 17.3 Å². The maximum atomic E-state index is 10.7. The lowest BCUT2D eigenvalue weighted by molar-refractivity contribution is 0.230. The molecular formula is C10H12ClNO. The minimum Gasteiger partial charge on any atom is -0.328 e. The van der Waals surface area contributed by atoms with Gasteiger partial charge in [-0.05, 0) is 24.1 Å². The zero-order valence-corrected chi connectivity index (χ0v) is 8.51. The molecule has 0 aliphatic carbocycles. The van der Waals surface area contributed by atoms with Crippen LogP contribution in [0.5, 0.6) is 0 Å². The quantitative estimate of drug-likeness (QED) is 0.528. The number of aryl methyl sites for hydroxylation is 1. The molecule has 0 radical (unpaired) electrons. The maximum absolute atomic E-state index is 10.7. The molecule has 0 aliphatic rings. The molecule has 0 unspecified atom stereocenters. The first-order chi connectivity index (χ1) is 6.09. The first-order valence-electron chi connectivity index (χ1n) is 4.06. The fourth-order valence-electron chi connectivity index (χ4n) is 1.15. The third kappa shape index (κ3) is 3.07. The van der Waals surface area contributed by atoms with Gasteiger partial charge in [0.15, 0.2) is 0 Å². The number of halogens is 1. The summed E-state index contributed by atoms with van der Waals surface area (Å²) in [4.78, 5) is 12.2. The van der Waals surface area contributed by atoms with Gasteiger partial charge in [0.25, 0.3) is 0 Å². The van der Waals surface area contributed by atoms with Crippen molar-refractivity contribution in [2.24, 2.45) is 0 Å². The first-order valence-corrected chi connectivity index (χ1v) is 4.43. The molecule has 1 aromatic rings. The molecule has 0 bridgehead atoms. The van der Waals surface area contributed by atoms with E-state index in [1.165, 1.54) is 10.5 Å². The molecule has 2 nitrogen and oxygen atoms in total. The van der Waals surface area contributed by atoms with E-state index in [1.54, 1.807) is 7.05 Å². The molecule has 0 saturated carbocycles. The number of rotatable bonds is 2. The summed E-state index contributed by atoms with van der Waals surface area (Å²) in [6, 6.07) is 8.00. The van der Waals surface area contributed by atoms with Crippen LogP contribution in [0.4, 0.5) is 4.79 Å². The highest BCUT2D eigenvalue weighted by Gasteiger charge is 2.04. The van der Waals surface area contributed by atoms with Gasteiger partial charge in [-0.25, -0.2) is 0 Å². The smallest absolute Gasteiger partial charge is 0.316 e. The number of carbonyl (C=O) groups excluding carboxylic acids is 1. The summed E-state index contributed by atoms with van der Waals surface area (Å²) in [7, 11) is 1.68. The predicted molar refractivity (Wildman–Crippen MR) is 53.9 cm³/mol. The minimum atomic E-state index is -0.429. The van der Waals surface area contributed by atoms with Crippen LogP contribution in [0.25, 0.3) is 0 Å². The average molecular weight is 198 g/mol. The van der Waals surface area contributed by atoms with Gasteiger partial charge in [-0.3, -0.25) is 4.79 Å². The summed E-state index contributed by atoms with van der Waals surface area (Å²) in [5.74, 6) is 0. The molecule has 0 spiro atoms. The summed E-state index contributed by atoms with van der Waals surface area (Å²) < 4.78 is 0. The van der Waals surface area contributed by atoms with Crippen molar-refractivity contribution in [2.75, 3.05) is 7.05 Å². The average Bonchev–Trinajstić information content (AvgIpc) is 2.04. The van der Waals surface area contributed by atoms with Crippen molar-refractivity contribution in [3.05, 3.63) is 35.4 Å². The van der Waals surface area contributed by atoms with E-state index in [0.717, 1.165) is 5.56 Å². The number of hydrogen-bond donors (Lipinski definition) is 0. The molecule has 1 amide bonds. The van der Waals surface area contributed by atoms with Gasteiger partial charge in [-0.2, -0.15) is 0 Å². The van der Waals surface area contributed by atoms with E-state index in [1.807, 2.05) is 31.2 Å². The summed E-state index contributed by atoms with van der Waals surface area (Å²) in [6.45, 7) is 2.58. The molecule has 13 heavy (non-hydrogen) atoms. The van der Waals surface area contributed by atoms with Gasteiger partial charge < -0.3 is 4.90 Å². The van der Waals surface area contributed by atoms with E-state index in [9.17, 15) is 4.79 Å². The second kappa shape index (κ2) is 4.28. The zero-order chi connectivity index (χ0) is 9.84. The number of hydrogen-bond acceptors (Lipinski definition) is 1. The van der Waals surface area contributed by atoms with Gasteiger partial charge >= 0.3 is 5.37 Å². The molecule has 0 heterocycles. The molecule has 0 aromatic heterocycles. The van der Waals surface area contributed by atoms with Crippen molar-refractivity contribution in [3.63, 3.8) is 0 Å². The van der Waals surface area contributed by atoms with Crippen molar-refractivity contribution < 1.29 is 4.79 Å². The van der Waals surface area contributed by atoms with Gasteiger partial charge in [0.05, 0.1) is 0 Å². The van der Waals surface area contributed by atoms with Crippen LogP contribution in [0.15, 0.2) is 24.3 Å². The molecule has 0 aliphatic heterocycles. The van der Waals surface area contributed by atoms with Crippen LogP contribution in [0.1, 0.15) is 11.1 Å². The van der Waals surface area contributed by atoms with E-state index in [2.05, 4.69) is 0 Å². The third-order valence-electron chi connectivity index (χ3n) is 1.80. The summed E-state index contributed by atoms with van der Waals surface area (Å²) in [5, 5.41) is -0.429. The Bertz CT molecular complexity index is 312. The van der Waals surface area contributed by atoms with Crippen LogP contribution in [0, 0.1) is 6.92 Å². The predicted octanol–water partition coefficient (Wildman–Crippen LogP) is 2.79. The van der Waals surface area contributed by atoms with Crippen LogP contribution >= 0.6 is 11.6 Å². The second-order valence-corrected chi connectivity index (χ2v) is 3.42. The lowest BCUT2D eigenvalue weighted by Gasteiger charge is -2.13. The molecule has 0 fully saturated rings. The standard InChI is InChI=1S/C10H12ClNO/c1-8-4-3-5-9(6-8)7-12(2)10(11)13/h3-6H,7H2,1-2H3. The molecular weight excluding hydrogens is 186 g/mol. The van der Waals surface area contributed by atoms with Gasteiger partial charge in [-0.15, -0.1) is 0 Å². The molecule has 0 atom stereocenters. The monoisotopic (exact) mass is 197 g/mol. The fraction of sp³-hybridized carbons (Fsp3) is 0.300. The zero-order valence-electron chi connectivity index (χ0n) is 7.75. The first kappa shape index (κ1) is 10.1.